The number of carbonyl (C=O) groups is 2. The van der Waals surface area contributed by atoms with Crippen molar-refractivity contribution in [2.75, 3.05) is 18.0 Å². The molecule has 4 N–H and O–H groups in total. The molecule has 3 rings (SSSR count). The molecule has 1 heterocycles. The molecule has 1 aliphatic heterocycles. The van der Waals surface area contributed by atoms with Gasteiger partial charge in [-0.1, -0.05) is 24.3 Å². The van der Waals surface area contributed by atoms with Gasteiger partial charge in [0.15, 0.2) is 0 Å². The first kappa shape index (κ1) is 17.8. The van der Waals surface area contributed by atoms with E-state index in [1.54, 1.807) is 18.2 Å². The molecule has 2 aromatic carbocycles. The van der Waals surface area contributed by atoms with Crippen LogP contribution in [-0.4, -0.2) is 30.0 Å². The molecule has 0 spiro atoms. The summed E-state index contributed by atoms with van der Waals surface area (Å²) in [4.78, 5) is 25.7. The highest BCUT2D eigenvalue weighted by molar-refractivity contribution is 5.96. The van der Waals surface area contributed by atoms with Crippen molar-refractivity contribution in [3.63, 3.8) is 0 Å². The minimum atomic E-state index is -0.312. The van der Waals surface area contributed by atoms with E-state index in [1.807, 2.05) is 24.3 Å². The van der Waals surface area contributed by atoms with Gasteiger partial charge in [-0.15, -0.1) is 0 Å². The summed E-state index contributed by atoms with van der Waals surface area (Å²) in [6, 6.07) is 14.3. The fraction of sp³-hybridized carbons (Fsp3) is 0.300. The van der Waals surface area contributed by atoms with E-state index < -0.39 is 0 Å². The number of rotatable bonds is 5. The molecular formula is C20H23N3O3. The van der Waals surface area contributed by atoms with Crippen LogP contribution < -0.4 is 16.0 Å². The average molecular weight is 353 g/mol. The molecule has 0 saturated carbocycles. The minimum absolute atomic E-state index is 0.0329. The quantitative estimate of drug-likeness (QED) is 0.766. The molecule has 0 unspecified atom stereocenters. The number of hydrogen-bond acceptors (Lipinski definition) is 4. The zero-order valence-corrected chi connectivity index (χ0v) is 14.5. The third-order valence-corrected chi connectivity index (χ3v) is 4.73. The van der Waals surface area contributed by atoms with E-state index in [0.717, 1.165) is 30.6 Å². The van der Waals surface area contributed by atoms with Crippen LogP contribution in [-0.2, 0) is 11.3 Å². The van der Waals surface area contributed by atoms with Crippen LogP contribution in [0.4, 0.5) is 5.69 Å². The lowest BCUT2D eigenvalue weighted by Gasteiger charge is -2.33. The average Bonchev–Trinajstić information content (AvgIpc) is 2.67. The van der Waals surface area contributed by atoms with Gasteiger partial charge in [0.05, 0.1) is 11.5 Å². The first-order valence-corrected chi connectivity index (χ1v) is 8.74. The first-order chi connectivity index (χ1) is 12.5. The third-order valence-electron chi connectivity index (χ3n) is 4.73. The molecule has 1 aliphatic rings. The molecular weight excluding hydrogens is 330 g/mol. The fourth-order valence-corrected chi connectivity index (χ4v) is 3.21. The summed E-state index contributed by atoms with van der Waals surface area (Å²) in [5, 5.41) is 12.5. The van der Waals surface area contributed by atoms with Crippen LogP contribution in [0.3, 0.4) is 0 Å². The van der Waals surface area contributed by atoms with Crippen molar-refractivity contribution < 1.29 is 14.7 Å². The van der Waals surface area contributed by atoms with Gasteiger partial charge in [-0.05, 0) is 42.7 Å². The normalized spacial score (nSPS) is 16.9. The molecule has 1 saturated heterocycles. The lowest BCUT2D eigenvalue weighted by molar-refractivity contribution is -0.122. The highest BCUT2D eigenvalue weighted by atomic mass is 16.3. The number of amides is 2. The van der Waals surface area contributed by atoms with E-state index in [9.17, 15) is 14.7 Å². The lowest BCUT2D eigenvalue weighted by atomic mass is 9.97. The van der Waals surface area contributed by atoms with Crippen LogP contribution >= 0.6 is 0 Å². The molecule has 2 aromatic rings. The van der Waals surface area contributed by atoms with Gasteiger partial charge < -0.3 is 21.1 Å². The van der Waals surface area contributed by atoms with E-state index in [1.165, 1.54) is 6.07 Å². The molecule has 6 nitrogen and oxygen atoms in total. The Morgan fingerprint density at radius 3 is 2.58 bits per heavy atom. The first-order valence-electron chi connectivity index (χ1n) is 8.74. The molecule has 0 bridgehead atoms. The smallest absolute Gasteiger partial charge is 0.255 e. The Morgan fingerprint density at radius 2 is 1.88 bits per heavy atom. The van der Waals surface area contributed by atoms with Crippen molar-refractivity contribution in [2.24, 2.45) is 11.7 Å². The van der Waals surface area contributed by atoms with Crippen LogP contribution in [0, 0.1) is 5.92 Å². The number of primary amides is 1. The standard InChI is InChI=1S/C20H23N3O3/c21-19(25)15-4-3-11-23(13-15)16-9-7-14(8-10-16)12-22-20(26)17-5-1-2-6-18(17)24/h1-2,5-10,15,24H,3-4,11-13H2,(H2,21,25)(H,22,26)/t15-/m0/s1. The Hall–Kier alpha value is -3.02. The number of piperidine rings is 1. The van der Waals surface area contributed by atoms with E-state index in [4.69, 9.17) is 5.73 Å². The van der Waals surface area contributed by atoms with Gasteiger partial charge in [0.1, 0.15) is 5.75 Å². The van der Waals surface area contributed by atoms with Crippen LogP contribution in [0.2, 0.25) is 0 Å². The fourth-order valence-electron chi connectivity index (χ4n) is 3.21. The van der Waals surface area contributed by atoms with Gasteiger partial charge in [0.2, 0.25) is 5.91 Å². The largest absolute Gasteiger partial charge is 0.507 e. The molecule has 2 amide bonds. The van der Waals surface area contributed by atoms with Crippen molar-refractivity contribution in [3.05, 3.63) is 59.7 Å². The third kappa shape index (κ3) is 4.14. The number of nitrogens with zero attached hydrogens (tertiary/aromatic N) is 1. The summed E-state index contributed by atoms with van der Waals surface area (Å²) in [6.45, 7) is 1.93. The van der Waals surface area contributed by atoms with E-state index in [-0.39, 0.29) is 29.0 Å². The second kappa shape index (κ2) is 7.91. The molecule has 0 aliphatic carbocycles. The number of phenolic OH excluding ortho intramolecular Hbond substituents is 1. The Kier molecular flexibility index (Phi) is 5.41. The van der Waals surface area contributed by atoms with Crippen molar-refractivity contribution in [2.45, 2.75) is 19.4 Å². The monoisotopic (exact) mass is 353 g/mol. The van der Waals surface area contributed by atoms with Gasteiger partial charge >= 0.3 is 0 Å². The molecule has 26 heavy (non-hydrogen) atoms. The molecule has 1 fully saturated rings. The van der Waals surface area contributed by atoms with Gasteiger partial charge in [-0.25, -0.2) is 0 Å². The lowest BCUT2D eigenvalue weighted by Crippen LogP contribution is -2.41. The topological polar surface area (TPSA) is 95.7 Å². The van der Waals surface area contributed by atoms with Crippen molar-refractivity contribution in [1.82, 2.24) is 5.32 Å². The summed E-state index contributed by atoms with van der Waals surface area (Å²) < 4.78 is 0. The van der Waals surface area contributed by atoms with Gasteiger partial charge in [0, 0.05) is 25.3 Å². The van der Waals surface area contributed by atoms with Gasteiger partial charge in [-0.2, -0.15) is 0 Å². The van der Waals surface area contributed by atoms with Crippen LogP contribution in [0.25, 0.3) is 0 Å². The summed E-state index contributed by atoms with van der Waals surface area (Å²) in [7, 11) is 0. The van der Waals surface area contributed by atoms with Gasteiger partial charge in [0.25, 0.3) is 5.91 Å². The Bertz CT molecular complexity index is 789. The summed E-state index contributed by atoms with van der Waals surface area (Å²) in [5.74, 6) is -0.679. The molecule has 6 heteroatoms. The SMILES string of the molecule is NC(=O)[C@H]1CCCN(c2ccc(CNC(=O)c3ccccc3O)cc2)C1. The van der Waals surface area contributed by atoms with Crippen molar-refractivity contribution in [1.29, 1.82) is 0 Å². The summed E-state index contributed by atoms with van der Waals surface area (Å²) in [6.07, 6.45) is 1.80. The van der Waals surface area contributed by atoms with Crippen molar-refractivity contribution in [3.8, 4) is 5.75 Å². The van der Waals surface area contributed by atoms with Crippen molar-refractivity contribution >= 4 is 17.5 Å². The number of benzene rings is 2. The highest BCUT2D eigenvalue weighted by Crippen LogP contribution is 2.23. The Labute approximate surface area is 152 Å². The van der Waals surface area contributed by atoms with Crippen LogP contribution in [0.15, 0.2) is 48.5 Å². The zero-order valence-electron chi connectivity index (χ0n) is 14.5. The van der Waals surface area contributed by atoms with E-state index in [0.29, 0.717) is 13.1 Å². The number of para-hydroxylation sites is 1. The molecule has 0 aromatic heterocycles. The zero-order chi connectivity index (χ0) is 18.5. The van der Waals surface area contributed by atoms with E-state index >= 15 is 0 Å². The summed E-state index contributed by atoms with van der Waals surface area (Å²) >= 11 is 0. The molecule has 1 atom stereocenters. The number of nitrogens with two attached hydrogens (primary N) is 1. The number of aromatic hydroxyl groups is 1. The number of carbonyl (C=O) groups excluding carboxylic acids is 2. The Balaban J connectivity index is 1.59. The molecule has 0 radical (unpaired) electrons. The van der Waals surface area contributed by atoms with Gasteiger partial charge in [-0.3, -0.25) is 9.59 Å². The van der Waals surface area contributed by atoms with Crippen LogP contribution in [0.1, 0.15) is 28.8 Å². The highest BCUT2D eigenvalue weighted by Gasteiger charge is 2.24. The number of nitrogens with one attached hydrogen (secondary N) is 1. The predicted molar refractivity (Wildman–Crippen MR) is 99.9 cm³/mol. The predicted octanol–water partition coefficient (Wildman–Crippen LogP) is 2.02. The van der Waals surface area contributed by atoms with Crippen LogP contribution in [0.5, 0.6) is 5.75 Å². The number of hydrogen-bond donors (Lipinski definition) is 3. The Morgan fingerprint density at radius 1 is 1.15 bits per heavy atom. The number of anilines is 1. The van der Waals surface area contributed by atoms with E-state index in [2.05, 4.69) is 10.2 Å². The second-order valence-corrected chi connectivity index (χ2v) is 6.55. The maximum absolute atomic E-state index is 12.1. The molecule has 136 valence electrons. The number of phenols is 1. The maximum Gasteiger partial charge on any atom is 0.255 e. The summed E-state index contributed by atoms with van der Waals surface area (Å²) in [5.41, 5.74) is 7.70. The second-order valence-electron chi connectivity index (χ2n) is 6.55. The minimum Gasteiger partial charge on any atom is -0.507 e. The maximum atomic E-state index is 12.1.